The first-order valence-corrected chi connectivity index (χ1v) is 7.51. The van der Waals surface area contributed by atoms with Gasteiger partial charge in [-0.15, -0.1) is 0 Å². The summed E-state index contributed by atoms with van der Waals surface area (Å²) in [5, 5.41) is 0.178. The molecule has 0 unspecified atom stereocenters. The number of methoxy groups -OCH3 is 1. The van der Waals surface area contributed by atoms with Crippen LogP contribution in [0.15, 0.2) is 41.3 Å². The number of nitrogens with one attached hydrogen (secondary N) is 1. The normalized spacial score (nSPS) is 11.2. The van der Waals surface area contributed by atoms with E-state index in [0.717, 1.165) is 12.1 Å². The molecule has 4 nitrogen and oxygen atoms in total. The van der Waals surface area contributed by atoms with Crippen molar-refractivity contribution in [2.24, 2.45) is 0 Å². The van der Waals surface area contributed by atoms with Crippen LogP contribution in [0, 0.1) is 11.6 Å². The summed E-state index contributed by atoms with van der Waals surface area (Å²) in [6, 6.07) is 6.31. The average molecular weight is 334 g/mol. The van der Waals surface area contributed by atoms with Gasteiger partial charge in [-0.25, -0.2) is 17.2 Å². The predicted octanol–water partition coefficient (Wildman–Crippen LogP) is 3.43. The summed E-state index contributed by atoms with van der Waals surface area (Å²) in [6.07, 6.45) is 0. The van der Waals surface area contributed by atoms with E-state index in [0.29, 0.717) is 11.8 Å². The minimum atomic E-state index is -4.27. The van der Waals surface area contributed by atoms with Crippen molar-refractivity contribution in [3.05, 3.63) is 53.1 Å². The third-order valence-electron chi connectivity index (χ3n) is 2.59. The van der Waals surface area contributed by atoms with Crippen molar-refractivity contribution in [3.8, 4) is 5.75 Å². The SMILES string of the molecule is COc1ccc(NS(=O)(=O)c2cc(F)ccc2F)cc1Cl. The molecule has 0 aromatic heterocycles. The van der Waals surface area contributed by atoms with Crippen molar-refractivity contribution in [1.29, 1.82) is 0 Å². The van der Waals surface area contributed by atoms with Crippen LogP contribution in [0.5, 0.6) is 5.75 Å². The summed E-state index contributed by atoms with van der Waals surface area (Å²) in [6.45, 7) is 0. The van der Waals surface area contributed by atoms with Crippen LogP contribution in [0.1, 0.15) is 0 Å². The number of anilines is 1. The minimum absolute atomic E-state index is 0.101. The molecule has 0 radical (unpaired) electrons. The first-order valence-electron chi connectivity index (χ1n) is 5.65. The molecule has 0 atom stereocenters. The van der Waals surface area contributed by atoms with Crippen LogP contribution in [0.25, 0.3) is 0 Å². The quantitative estimate of drug-likeness (QED) is 0.932. The Kier molecular flexibility index (Phi) is 4.34. The van der Waals surface area contributed by atoms with E-state index in [4.69, 9.17) is 16.3 Å². The number of hydrogen-bond donors (Lipinski definition) is 1. The van der Waals surface area contributed by atoms with Gasteiger partial charge in [0.15, 0.2) is 0 Å². The molecule has 0 aliphatic rings. The predicted molar refractivity (Wildman–Crippen MR) is 75.2 cm³/mol. The zero-order valence-electron chi connectivity index (χ0n) is 10.7. The van der Waals surface area contributed by atoms with Crippen LogP contribution in [-0.2, 0) is 10.0 Å². The highest BCUT2D eigenvalue weighted by Gasteiger charge is 2.20. The molecular formula is C13H10ClF2NO3S. The van der Waals surface area contributed by atoms with Crippen molar-refractivity contribution in [3.63, 3.8) is 0 Å². The van der Waals surface area contributed by atoms with Crippen molar-refractivity contribution in [2.75, 3.05) is 11.8 Å². The molecule has 0 aliphatic heterocycles. The van der Waals surface area contributed by atoms with Crippen LogP contribution >= 0.6 is 11.6 Å². The molecule has 0 saturated carbocycles. The Morgan fingerprint density at radius 2 is 1.86 bits per heavy atom. The number of sulfonamides is 1. The van der Waals surface area contributed by atoms with Crippen LogP contribution in [0.2, 0.25) is 5.02 Å². The fourth-order valence-corrected chi connectivity index (χ4v) is 3.02. The van der Waals surface area contributed by atoms with Crippen LogP contribution < -0.4 is 9.46 Å². The Bertz CT molecular complexity index is 781. The number of rotatable bonds is 4. The molecule has 2 aromatic carbocycles. The molecule has 8 heteroatoms. The average Bonchev–Trinajstić information content (AvgIpc) is 2.41. The first kappa shape index (κ1) is 15.5. The second-order valence-electron chi connectivity index (χ2n) is 4.03. The second-order valence-corrected chi connectivity index (χ2v) is 6.09. The van der Waals surface area contributed by atoms with Gasteiger partial charge in [0.2, 0.25) is 0 Å². The molecule has 0 amide bonds. The summed E-state index contributed by atoms with van der Waals surface area (Å²) >= 11 is 5.87. The number of benzene rings is 2. The lowest BCUT2D eigenvalue weighted by atomic mass is 10.3. The summed E-state index contributed by atoms with van der Waals surface area (Å²) in [4.78, 5) is -0.783. The zero-order chi connectivity index (χ0) is 15.6. The maximum atomic E-state index is 13.5. The summed E-state index contributed by atoms with van der Waals surface area (Å²) < 4.78 is 57.8. The molecular weight excluding hydrogens is 324 g/mol. The Balaban J connectivity index is 2.37. The summed E-state index contributed by atoms with van der Waals surface area (Å²) in [5.41, 5.74) is 0.101. The molecule has 0 fully saturated rings. The maximum Gasteiger partial charge on any atom is 0.264 e. The molecule has 0 heterocycles. The van der Waals surface area contributed by atoms with Gasteiger partial charge < -0.3 is 4.74 Å². The molecule has 0 bridgehead atoms. The van der Waals surface area contributed by atoms with Crippen molar-refractivity contribution >= 4 is 27.3 Å². The molecule has 112 valence electrons. The van der Waals surface area contributed by atoms with Crippen molar-refractivity contribution in [1.82, 2.24) is 0 Å². The Morgan fingerprint density at radius 3 is 2.48 bits per heavy atom. The minimum Gasteiger partial charge on any atom is -0.495 e. The number of halogens is 3. The number of ether oxygens (including phenoxy) is 1. The highest BCUT2D eigenvalue weighted by Crippen LogP contribution is 2.28. The van der Waals surface area contributed by atoms with Gasteiger partial charge in [0.25, 0.3) is 10.0 Å². The highest BCUT2D eigenvalue weighted by molar-refractivity contribution is 7.92. The third kappa shape index (κ3) is 3.43. The van der Waals surface area contributed by atoms with Gasteiger partial charge >= 0.3 is 0 Å². The lowest BCUT2D eigenvalue weighted by molar-refractivity contribution is 0.415. The van der Waals surface area contributed by atoms with E-state index in [9.17, 15) is 17.2 Å². The Labute approximate surface area is 125 Å². The number of hydrogen-bond acceptors (Lipinski definition) is 3. The summed E-state index contributed by atoms with van der Waals surface area (Å²) in [5.74, 6) is -1.55. The zero-order valence-corrected chi connectivity index (χ0v) is 12.3. The topological polar surface area (TPSA) is 55.4 Å². The standard InChI is InChI=1S/C13H10ClF2NO3S/c1-20-12-5-3-9(7-10(12)14)17-21(18,19)13-6-8(15)2-4-11(13)16/h2-7,17H,1H3. The van der Waals surface area contributed by atoms with Gasteiger partial charge in [-0.2, -0.15) is 0 Å². The van der Waals surface area contributed by atoms with Gasteiger partial charge in [-0.1, -0.05) is 11.6 Å². The van der Waals surface area contributed by atoms with Gasteiger partial charge in [0.05, 0.1) is 17.8 Å². The van der Waals surface area contributed by atoms with Gasteiger partial charge in [-0.05, 0) is 36.4 Å². The molecule has 0 saturated heterocycles. The van der Waals surface area contributed by atoms with E-state index in [-0.39, 0.29) is 10.7 Å². The second kappa shape index (κ2) is 5.87. The van der Waals surface area contributed by atoms with Crippen molar-refractivity contribution in [2.45, 2.75) is 4.90 Å². The first-order chi connectivity index (χ1) is 9.83. The summed E-state index contributed by atoms with van der Waals surface area (Å²) in [7, 11) is -2.86. The molecule has 0 aliphatic carbocycles. The fourth-order valence-electron chi connectivity index (χ4n) is 1.62. The third-order valence-corrected chi connectivity index (χ3v) is 4.28. The molecule has 21 heavy (non-hydrogen) atoms. The van der Waals surface area contributed by atoms with E-state index in [1.54, 1.807) is 0 Å². The lowest BCUT2D eigenvalue weighted by Gasteiger charge is -2.10. The maximum absolute atomic E-state index is 13.5. The Hall–Kier alpha value is -1.86. The fraction of sp³-hybridized carbons (Fsp3) is 0.0769. The monoisotopic (exact) mass is 333 g/mol. The van der Waals surface area contributed by atoms with Crippen LogP contribution in [-0.4, -0.2) is 15.5 Å². The Morgan fingerprint density at radius 1 is 1.14 bits per heavy atom. The lowest BCUT2D eigenvalue weighted by Crippen LogP contribution is -2.15. The van der Waals surface area contributed by atoms with E-state index in [2.05, 4.69) is 4.72 Å². The van der Waals surface area contributed by atoms with E-state index >= 15 is 0 Å². The van der Waals surface area contributed by atoms with Crippen LogP contribution in [0.3, 0.4) is 0 Å². The van der Waals surface area contributed by atoms with Crippen molar-refractivity contribution < 1.29 is 21.9 Å². The largest absolute Gasteiger partial charge is 0.495 e. The molecule has 1 N–H and O–H groups in total. The van der Waals surface area contributed by atoms with Gasteiger partial charge in [0.1, 0.15) is 22.3 Å². The van der Waals surface area contributed by atoms with E-state index < -0.39 is 26.6 Å². The highest BCUT2D eigenvalue weighted by atomic mass is 35.5. The molecule has 2 rings (SSSR count). The van der Waals surface area contributed by atoms with Crippen LogP contribution in [0.4, 0.5) is 14.5 Å². The van der Waals surface area contributed by atoms with E-state index in [1.165, 1.54) is 25.3 Å². The van der Waals surface area contributed by atoms with Gasteiger partial charge in [-0.3, -0.25) is 4.72 Å². The molecule has 0 spiro atoms. The van der Waals surface area contributed by atoms with Gasteiger partial charge in [0, 0.05) is 0 Å². The smallest absolute Gasteiger partial charge is 0.264 e. The molecule has 2 aromatic rings. The van der Waals surface area contributed by atoms with E-state index in [1.807, 2.05) is 0 Å².